The summed E-state index contributed by atoms with van der Waals surface area (Å²) in [6.45, 7) is 0. The number of hydrogen-bond acceptors (Lipinski definition) is 1. The lowest BCUT2D eigenvalue weighted by atomic mass is 9.99. The van der Waals surface area contributed by atoms with Crippen LogP contribution in [0.1, 0.15) is 17.2 Å². The zero-order chi connectivity index (χ0) is 14.0. The lowest BCUT2D eigenvalue weighted by Gasteiger charge is -2.15. The van der Waals surface area contributed by atoms with Crippen molar-refractivity contribution in [3.05, 3.63) is 67.9 Å². The molecule has 0 spiro atoms. The molecule has 2 aromatic carbocycles. The minimum atomic E-state index is -0.505. The van der Waals surface area contributed by atoms with Gasteiger partial charge in [-0.05, 0) is 46.1 Å². The van der Waals surface area contributed by atoms with Gasteiger partial charge in [-0.2, -0.15) is 0 Å². The first kappa shape index (κ1) is 14.8. The van der Waals surface area contributed by atoms with Gasteiger partial charge in [-0.15, -0.1) is 0 Å². The second kappa shape index (κ2) is 6.23. The van der Waals surface area contributed by atoms with Gasteiger partial charge in [0.05, 0.1) is 4.47 Å². The molecule has 0 amide bonds. The Balaban J connectivity index is 2.31. The molecule has 0 aliphatic carbocycles. The van der Waals surface area contributed by atoms with Crippen LogP contribution in [0.4, 0.5) is 4.39 Å². The van der Waals surface area contributed by atoms with Crippen molar-refractivity contribution in [2.45, 2.75) is 12.5 Å². The molecule has 0 saturated carbocycles. The highest BCUT2D eigenvalue weighted by atomic mass is 79.9. The van der Waals surface area contributed by atoms with Crippen molar-refractivity contribution < 1.29 is 4.39 Å². The first-order valence-corrected chi connectivity index (χ1v) is 7.18. The zero-order valence-electron chi connectivity index (χ0n) is 9.84. The molecular formula is C14H11BrCl2FN. The third-order valence-electron chi connectivity index (χ3n) is 2.87. The Morgan fingerprint density at radius 3 is 2.32 bits per heavy atom. The fourth-order valence-electron chi connectivity index (χ4n) is 1.86. The van der Waals surface area contributed by atoms with Crippen LogP contribution in [0, 0.1) is 5.82 Å². The van der Waals surface area contributed by atoms with Crippen LogP contribution >= 0.6 is 39.1 Å². The molecule has 0 aromatic heterocycles. The summed E-state index contributed by atoms with van der Waals surface area (Å²) in [6, 6.07) is 9.79. The minimum Gasteiger partial charge on any atom is -0.324 e. The summed E-state index contributed by atoms with van der Waals surface area (Å²) in [5.41, 5.74) is 7.23. The van der Waals surface area contributed by atoms with Gasteiger partial charge in [0.1, 0.15) is 5.82 Å². The lowest BCUT2D eigenvalue weighted by molar-refractivity contribution is 0.575. The summed E-state index contributed by atoms with van der Waals surface area (Å²) < 4.78 is 14.4. The minimum absolute atomic E-state index is 0.349. The summed E-state index contributed by atoms with van der Waals surface area (Å²) in [6.07, 6.45) is 0.381. The highest BCUT2D eigenvalue weighted by Crippen LogP contribution is 2.30. The van der Waals surface area contributed by atoms with Crippen LogP contribution in [0.3, 0.4) is 0 Å². The largest absolute Gasteiger partial charge is 0.324 e. The van der Waals surface area contributed by atoms with E-state index in [9.17, 15) is 4.39 Å². The average molecular weight is 363 g/mol. The number of benzene rings is 2. The Bertz CT molecular complexity index is 584. The van der Waals surface area contributed by atoms with Gasteiger partial charge >= 0.3 is 0 Å². The molecular weight excluding hydrogens is 352 g/mol. The smallest absolute Gasteiger partial charge is 0.142 e. The maximum absolute atomic E-state index is 14.0. The molecule has 0 bridgehead atoms. The Morgan fingerprint density at radius 2 is 1.68 bits per heavy atom. The SMILES string of the molecule is NC(Cc1c(Cl)cccc1Cl)c1cccc(Br)c1F. The molecule has 0 aliphatic heterocycles. The molecule has 5 heteroatoms. The maximum Gasteiger partial charge on any atom is 0.142 e. The molecule has 0 aliphatic rings. The number of halogens is 4. The molecule has 2 rings (SSSR count). The van der Waals surface area contributed by atoms with E-state index in [1.807, 2.05) is 0 Å². The Labute approximate surface area is 129 Å². The second-order valence-corrected chi connectivity index (χ2v) is 5.82. The standard InChI is InChI=1S/C14H11BrCl2FN/c15-10-4-1-3-8(14(10)18)13(19)7-9-11(16)5-2-6-12(9)17/h1-6,13H,7,19H2. The van der Waals surface area contributed by atoms with Crippen molar-refractivity contribution in [2.24, 2.45) is 5.73 Å². The molecule has 100 valence electrons. The van der Waals surface area contributed by atoms with Crippen molar-refractivity contribution in [3.63, 3.8) is 0 Å². The quantitative estimate of drug-likeness (QED) is 0.803. The Morgan fingerprint density at radius 1 is 1.11 bits per heavy atom. The van der Waals surface area contributed by atoms with E-state index in [0.29, 0.717) is 26.5 Å². The van der Waals surface area contributed by atoms with Gasteiger partial charge in [0.15, 0.2) is 0 Å². The first-order valence-electron chi connectivity index (χ1n) is 5.63. The molecule has 0 radical (unpaired) electrons. The van der Waals surface area contributed by atoms with Crippen LogP contribution in [-0.2, 0) is 6.42 Å². The predicted molar refractivity (Wildman–Crippen MR) is 81.2 cm³/mol. The molecule has 1 nitrogen and oxygen atoms in total. The first-order chi connectivity index (χ1) is 9.00. The van der Waals surface area contributed by atoms with Crippen molar-refractivity contribution in [2.75, 3.05) is 0 Å². The second-order valence-electron chi connectivity index (χ2n) is 4.15. The fourth-order valence-corrected chi connectivity index (χ4v) is 2.80. The van der Waals surface area contributed by atoms with Crippen molar-refractivity contribution in [3.8, 4) is 0 Å². The van der Waals surface area contributed by atoms with Crippen LogP contribution in [0.2, 0.25) is 10.0 Å². The predicted octanol–water partition coefficient (Wildman–Crippen LogP) is 5.14. The average Bonchev–Trinajstić information content (AvgIpc) is 2.37. The third-order valence-corrected chi connectivity index (χ3v) is 4.19. The summed E-state index contributed by atoms with van der Waals surface area (Å²) in [7, 11) is 0. The van der Waals surface area contributed by atoms with Crippen molar-refractivity contribution >= 4 is 39.1 Å². The molecule has 0 fully saturated rings. The van der Waals surface area contributed by atoms with Crippen LogP contribution in [0.5, 0.6) is 0 Å². The molecule has 0 saturated heterocycles. The normalized spacial score (nSPS) is 12.5. The van der Waals surface area contributed by atoms with Crippen molar-refractivity contribution in [1.29, 1.82) is 0 Å². The molecule has 1 atom stereocenters. The van der Waals surface area contributed by atoms with E-state index in [1.54, 1.807) is 36.4 Å². The summed E-state index contributed by atoms with van der Waals surface area (Å²) >= 11 is 15.3. The fraction of sp³-hybridized carbons (Fsp3) is 0.143. The zero-order valence-corrected chi connectivity index (χ0v) is 12.9. The molecule has 2 aromatic rings. The topological polar surface area (TPSA) is 26.0 Å². The number of rotatable bonds is 3. The maximum atomic E-state index is 14.0. The van der Waals surface area contributed by atoms with Crippen LogP contribution in [-0.4, -0.2) is 0 Å². The van der Waals surface area contributed by atoms with Gasteiger partial charge in [-0.25, -0.2) is 4.39 Å². The van der Waals surface area contributed by atoms with E-state index in [0.717, 1.165) is 5.56 Å². The van der Waals surface area contributed by atoms with Gasteiger partial charge < -0.3 is 5.73 Å². The van der Waals surface area contributed by atoms with Gasteiger partial charge in [0.2, 0.25) is 0 Å². The number of nitrogens with two attached hydrogens (primary N) is 1. The lowest BCUT2D eigenvalue weighted by Crippen LogP contribution is -2.15. The monoisotopic (exact) mass is 361 g/mol. The highest BCUT2D eigenvalue weighted by Gasteiger charge is 2.16. The summed E-state index contributed by atoms with van der Waals surface area (Å²) in [5, 5.41) is 1.08. The van der Waals surface area contributed by atoms with E-state index in [1.165, 1.54) is 0 Å². The Hall–Kier alpha value is -0.610. The van der Waals surface area contributed by atoms with Gasteiger partial charge in [-0.3, -0.25) is 0 Å². The molecule has 19 heavy (non-hydrogen) atoms. The van der Waals surface area contributed by atoms with E-state index in [-0.39, 0.29) is 5.82 Å². The molecule has 1 unspecified atom stereocenters. The van der Waals surface area contributed by atoms with Crippen LogP contribution in [0.25, 0.3) is 0 Å². The molecule has 2 N–H and O–H groups in total. The van der Waals surface area contributed by atoms with Gasteiger partial charge in [-0.1, -0.05) is 41.4 Å². The third kappa shape index (κ3) is 3.29. The van der Waals surface area contributed by atoms with Gasteiger partial charge in [0, 0.05) is 21.7 Å². The van der Waals surface area contributed by atoms with E-state index < -0.39 is 6.04 Å². The van der Waals surface area contributed by atoms with Crippen molar-refractivity contribution in [1.82, 2.24) is 0 Å². The van der Waals surface area contributed by atoms with Crippen LogP contribution < -0.4 is 5.73 Å². The van der Waals surface area contributed by atoms with E-state index >= 15 is 0 Å². The Kier molecular flexibility index (Phi) is 4.85. The van der Waals surface area contributed by atoms with E-state index in [2.05, 4.69) is 15.9 Å². The number of hydrogen-bond donors (Lipinski definition) is 1. The summed E-state index contributed by atoms with van der Waals surface area (Å²) in [5.74, 6) is -0.349. The van der Waals surface area contributed by atoms with Gasteiger partial charge in [0.25, 0.3) is 0 Å². The van der Waals surface area contributed by atoms with E-state index in [4.69, 9.17) is 28.9 Å². The summed E-state index contributed by atoms with van der Waals surface area (Å²) in [4.78, 5) is 0. The van der Waals surface area contributed by atoms with Crippen LogP contribution in [0.15, 0.2) is 40.9 Å². The highest BCUT2D eigenvalue weighted by molar-refractivity contribution is 9.10. The molecule has 0 heterocycles.